The predicted octanol–water partition coefficient (Wildman–Crippen LogP) is 4.08. The Balaban J connectivity index is 2.12. The molecule has 1 aliphatic heterocycles. The van der Waals surface area contributed by atoms with Gasteiger partial charge in [-0.05, 0) is 50.4 Å². The Kier molecular flexibility index (Phi) is 4.90. The summed E-state index contributed by atoms with van der Waals surface area (Å²) in [6.45, 7) is 5.35. The van der Waals surface area contributed by atoms with E-state index in [1.54, 1.807) is 0 Å². The largest absolute Gasteiger partial charge is 0.452 e. The standard InChI is InChI=1S/C19H25F5O4/c1-5-6-7-11-9(2)12-8-13(11)14-15(12)28-18(26,19(22,23)24)17(20,21)16(14,4)27-10(3)25/h5-6,9,11-15,26H,7-8H2,1-4H3/b6-5-. The topological polar surface area (TPSA) is 55.8 Å². The van der Waals surface area contributed by atoms with Crippen LogP contribution in [0, 0.1) is 29.6 Å². The summed E-state index contributed by atoms with van der Waals surface area (Å²) < 4.78 is 80.7. The van der Waals surface area contributed by atoms with Crippen molar-refractivity contribution >= 4 is 5.97 Å². The first kappa shape index (κ1) is 21.5. The molecule has 1 saturated heterocycles. The number of alkyl halides is 5. The lowest BCUT2D eigenvalue weighted by molar-refractivity contribution is -0.495. The molecule has 0 aromatic carbocycles. The average Bonchev–Trinajstić information content (AvgIpc) is 3.05. The van der Waals surface area contributed by atoms with Crippen LogP contribution in [0.3, 0.4) is 0 Å². The van der Waals surface area contributed by atoms with E-state index in [-0.39, 0.29) is 11.8 Å². The first-order valence-corrected chi connectivity index (χ1v) is 9.38. The Morgan fingerprint density at radius 2 is 1.93 bits per heavy atom. The Morgan fingerprint density at radius 3 is 2.43 bits per heavy atom. The third-order valence-electron chi connectivity index (χ3n) is 7.06. The molecule has 8 atom stereocenters. The summed E-state index contributed by atoms with van der Waals surface area (Å²) in [6, 6.07) is 0. The van der Waals surface area contributed by atoms with Gasteiger partial charge in [0.25, 0.3) is 0 Å². The highest BCUT2D eigenvalue weighted by atomic mass is 19.4. The summed E-state index contributed by atoms with van der Waals surface area (Å²) in [7, 11) is 0. The van der Waals surface area contributed by atoms with Crippen molar-refractivity contribution in [1.82, 2.24) is 0 Å². The molecule has 0 aromatic heterocycles. The Morgan fingerprint density at radius 1 is 1.32 bits per heavy atom. The van der Waals surface area contributed by atoms with Crippen LogP contribution in [-0.4, -0.2) is 40.7 Å². The highest BCUT2D eigenvalue weighted by molar-refractivity contribution is 5.67. The molecule has 1 N–H and O–H groups in total. The Labute approximate surface area is 160 Å². The van der Waals surface area contributed by atoms with Crippen molar-refractivity contribution < 1.29 is 41.3 Å². The second kappa shape index (κ2) is 6.39. The van der Waals surface area contributed by atoms with Crippen LogP contribution in [0.4, 0.5) is 22.0 Å². The van der Waals surface area contributed by atoms with Crippen LogP contribution in [0.5, 0.6) is 0 Å². The second-order valence-electron chi connectivity index (χ2n) is 8.42. The molecule has 28 heavy (non-hydrogen) atoms. The van der Waals surface area contributed by atoms with E-state index in [0.29, 0.717) is 12.8 Å². The zero-order chi connectivity index (χ0) is 21.3. The van der Waals surface area contributed by atoms with Gasteiger partial charge in [0.2, 0.25) is 0 Å². The molecule has 9 heteroatoms. The predicted molar refractivity (Wildman–Crippen MR) is 88.2 cm³/mol. The fourth-order valence-electron chi connectivity index (χ4n) is 5.82. The van der Waals surface area contributed by atoms with Gasteiger partial charge in [-0.15, -0.1) is 0 Å². The van der Waals surface area contributed by atoms with Gasteiger partial charge in [-0.3, -0.25) is 4.79 Å². The first-order valence-electron chi connectivity index (χ1n) is 9.38. The number of carbonyl (C=O) groups is 1. The summed E-state index contributed by atoms with van der Waals surface area (Å²) >= 11 is 0. The monoisotopic (exact) mass is 412 g/mol. The fourth-order valence-corrected chi connectivity index (χ4v) is 5.82. The molecule has 0 spiro atoms. The normalized spacial score (nSPS) is 47.4. The number of aliphatic hydroxyl groups is 1. The zero-order valence-corrected chi connectivity index (χ0v) is 16.1. The molecular formula is C19H25F5O4. The molecule has 0 radical (unpaired) electrons. The fraction of sp³-hybridized carbons (Fsp3) is 0.842. The van der Waals surface area contributed by atoms with Crippen LogP contribution in [0.25, 0.3) is 0 Å². The van der Waals surface area contributed by atoms with E-state index in [1.165, 1.54) is 0 Å². The second-order valence-corrected chi connectivity index (χ2v) is 8.42. The molecule has 0 amide bonds. The van der Waals surface area contributed by atoms with Gasteiger partial charge in [0.1, 0.15) is 0 Å². The van der Waals surface area contributed by atoms with E-state index in [4.69, 9.17) is 9.47 Å². The molecule has 1 heterocycles. The van der Waals surface area contributed by atoms with Gasteiger partial charge in [-0.1, -0.05) is 19.1 Å². The van der Waals surface area contributed by atoms with Crippen LogP contribution in [0.1, 0.15) is 40.5 Å². The van der Waals surface area contributed by atoms with E-state index in [1.807, 2.05) is 26.0 Å². The van der Waals surface area contributed by atoms with Gasteiger partial charge in [0.05, 0.1) is 6.10 Å². The maximum atomic E-state index is 15.2. The lowest BCUT2D eigenvalue weighted by Gasteiger charge is -2.58. The lowest BCUT2D eigenvalue weighted by atomic mass is 9.62. The molecule has 2 bridgehead atoms. The molecule has 160 valence electrons. The number of rotatable bonds is 3. The number of esters is 1. The SMILES string of the molecule is C/C=C\CC1C(C)C2CC1C1C2OC(O)(C(F)(F)F)C(F)(F)C1(C)OC(C)=O. The van der Waals surface area contributed by atoms with Crippen molar-refractivity contribution in [1.29, 1.82) is 0 Å². The molecule has 8 unspecified atom stereocenters. The van der Waals surface area contributed by atoms with Gasteiger partial charge in [-0.25, -0.2) is 0 Å². The van der Waals surface area contributed by atoms with Crippen molar-refractivity contribution in [2.75, 3.05) is 0 Å². The quantitative estimate of drug-likeness (QED) is 0.431. The van der Waals surface area contributed by atoms with E-state index in [2.05, 4.69) is 0 Å². The van der Waals surface area contributed by atoms with E-state index >= 15 is 8.78 Å². The lowest BCUT2D eigenvalue weighted by Crippen LogP contribution is -2.78. The molecule has 2 saturated carbocycles. The summed E-state index contributed by atoms with van der Waals surface area (Å²) in [6.07, 6.45) is -2.34. The van der Waals surface area contributed by atoms with Crippen LogP contribution in [0.15, 0.2) is 12.2 Å². The van der Waals surface area contributed by atoms with E-state index in [9.17, 15) is 23.1 Å². The van der Waals surface area contributed by atoms with Crippen LogP contribution in [0.2, 0.25) is 0 Å². The molecule has 3 fully saturated rings. The first-order chi connectivity index (χ1) is 12.7. The third kappa shape index (κ3) is 2.57. The van der Waals surface area contributed by atoms with Gasteiger partial charge < -0.3 is 14.6 Å². The Bertz CT molecular complexity index is 678. The van der Waals surface area contributed by atoms with Crippen molar-refractivity contribution in [3.05, 3.63) is 12.2 Å². The van der Waals surface area contributed by atoms with Crippen LogP contribution < -0.4 is 0 Å². The Hall–Kier alpha value is -1.22. The van der Waals surface area contributed by atoms with Crippen molar-refractivity contribution in [3.63, 3.8) is 0 Å². The maximum Gasteiger partial charge on any atom is 0.449 e. The minimum Gasteiger partial charge on any atom is -0.452 e. The minimum atomic E-state index is -5.77. The minimum absolute atomic E-state index is 0.0474. The number of carbonyl (C=O) groups excluding carboxylic acids is 1. The molecular weight excluding hydrogens is 387 g/mol. The number of allylic oxidation sites excluding steroid dienone is 2. The van der Waals surface area contributed by atoms with E-state index < -0.39 is 53.3 Å². The van der Waals surface area contributed by atoms with Gasteiger partial charge in [0, 0.05) is 12.8 Å². The number of hydrogen-bond donors (Lipinski definition) is 1. The van der Waals surface area contributed by atoms with E-state index in [0.717, 1.165) is 13.8 Å². The van der Waals surface area contributed by atoms with Crippen LogP contribution >= 0.6 is 0 Å². The molecule has 3 aliphatic rings. The summed E-state index contributed by atoms with van der Waals surface area (Å²) in [5, 5.41) is 10.1. The highest BCUT2D eigenvalue weighted by Gasteiger charge is 2.86. The number of halogens is 5. The molecule has 2 aliphatic carbocycles. The number of hydrogen-bond acceptors (Lipinski definition) is 4. The summed E-state index contributed by atoms with van der Waals surface area (Å²) in [5.74, 6) is -12.9. The van der Waals surface area contributed by atoms with Crippen LogP contribution in [-0.2, 0) is 14.3 Å². The van der Waals surface area contributed by atoms with Gasteiger partial charge in [0.15, 0.2) is 5.60 Å². The molecule has 0 aromatic rings. The summed E-state index contributed by atoms with van der Waals surface area (Å²) in [5.41, 5.74) is -2.85. The van der Waals surface area contributed by atoms with Crippen molar-refractivity contribution in [3.8, 4) is 0 Å². The third-order valence-corrected chi connectivity index (χ3v) is 7.06. The summed E-state index contributed by atoms with van der Waals surface area (Å²) in [4.78, 5) is 11.6. The molecule has 3 rings (SSSR count). The average molecular weight is 412 g/mol. The smallest absolute Gasteiger partial charge is 0.449 e. The highest BCUT2D eigenvalue weighted by Crippen LogP contribution is 2.68. The molecule has 4 nitrogen and oxygen atoms in total. The zero-order valence-electron chi connectivity index (χ0n) is 16.1. The number of fused-ring (bicyclic) bond motifs is 5. The van der Waals surface area contributed by atoms with Gasteiger partial charge in [-0.2, -0.15) is 22.0 Å². The maximum absolute atomic E-state index is 15.2. The van der Waals surface area contributed by atoms with Crippen molar-refractivity contribution in [2.45, 2.75) is 70.1 Å². The van der Waals surface area contributed by atoms with Crippen molar-refractivity contribution in [2.24, 2.45) is 29.6 Å². The van der Waals surface area contributed by atoms with Gasteiger partial charge >= 0.3 is 23.9 Å². The number of ether oxygens (including phenoxy) is 2.